The number of rotatable bonds is 5. The van der Waals surface area contributed by atoms with Crippen LogP contribution in [0.5, 0.6) is 0 Å². The van der Waals surface area contributed by atoms with Gasteiger partial charge >= 0.3 is 0 Å². The molecule has 1 N–H and O–H groups in total. The Kier molecular flexibility index (Phi) is 4.53. The van der Waals surface area contributed by atoms with Crippen molar-refractivity contribution in [3.63, 3.8) is 0 Å². The molecule has 0 bridgehead atoms. The molecule has 0 amide bonds. The van der Waals surface area contributed by atoms with E-state index in [9.17, 15) is 5.26 Å². The molecule has 3 atom stereocenters. The molecule has 3 nitrogen and oxygen atoms in total. The summed E-state index contributed by atoms with van der Waals surface area (Å²) in [7, 11) is 2.26. The average molecular weight is 263 g/mol. The minimum absolute atomic E-state index is 0.297. The Morgan fingerprint density at radius 1 is 1.26 bits per heavy atom. The normalized spacial score (nSPS) is 33.4. The Morgan fingerprint density at radius 3 is 2.47 bits per heavy atom. The maximum absolute atomic E-state index is 9.62. The highest BCUT2D eigenvalue weighted by Gasteiger charge is 2.41. The third-order valence-corrected chi connectivity index (χ3v) is 5.03. The van der Waals surface area contributed by atoms with Gasteiger partial charge in [0.15, 0.2) is 0 Å². The van der Waals surface area contributed by atoms with E-state index >= 15 is 0 Å². The standard InChI is InChI=1S/C16H29N3/c1-12(2)18-16(11-17)9-5-6-15(10-16)19(4)13(3)14-7-8-14/h12-15,18H,5-10H2,1-4H3. The molecule has 0 saturated heterocycles. The summed E-state index contributed by atoms with van der Waals surface area (Å²) >= 11 is 0. The predicted molar refractivity (Wildman–Crippen MR) is 78.8 cm³/mol. The van der Waals surface area contributed by atoms with Crippen molar-refractivity contribution in [2.75, 3.05) is 7.05 Å². The van der Waals surface area contributed by atoms with E-state index in [0.717, 1.165) is 18.8 Å². The van der Waals surface area contributed by atoms with Crippen LogP contribution in [0.4, 0.5) is 0 Å². The molecule has 2 aliphatic carbocycles. The van der Waals surface area contributed by atoms with Crippen LogP contribution in [-0.4, -0.2) is 35.6 Å². The van der Waals surface area contributed by atoms with Gasteiger partial charge in [-0.05, 0) is 72.3 Å². The molecule has 0 aliphatic heterocycles. The van der Waals surface area contributed by atoms with E-state index in [1.54, 1.807) is 0 Å². The average Bonchev–Trinajstić information content (AvgIpc) is 3.20. The minimum Gasteiger partial charge on any atom is -0.300 e. The number of nitrogens with one attached hydrogen (secondary N) is 1. The van der Waals surface area contributed by atoms with Crippen molar-refractivity contribution < 1.29 is 0 Å². The molecule has 19 heavy (non-hydrogen) atoms. The van der Waals surface area contributed by atoms with Gasteiger partial charge in [0.25, 0.3) is 0 Å². The molecule has 2 fully saturated rings. The van der Waals surface area contributed by atoms with E-state index in [4.69, 9.17) is 0 Å². The summed E-state index contributed by atoms with van der Waals surface area (Å²) in [4.78, 5) is 2.55. The zero-order chi connectivity index (χ0) is 14.0. The lowest BCUT2D eigenvalue weighted by molar-refractivity contribution is 0.0999. The third-order valence-electron chi connectivity index (χ3n) is 5.03. The van der Waals surface area contributed by atoms with E-state index in [2.05, 4.69) is 44.1 Å². The molecule has 2 aliphatic rings. The lowest BCUT2D eigenvalue weighted by atomic mass is 9.78. The molecule has 3 unspecified atom stereocenters. The predicted octanol–water partition coefficient (Wildman–Crippen LogP) is 2.92. The Labute approximate surface area is 118 Å². The monoisotopic (exact) mass is 263 g/mol. The number of nitriles is 1. The second-order valence-corrected chi connectivity index (χ2v) is 6.99. The van der Waals surface area contributed by atoms with Crippen LogP contribution >= 0.6 is 0 Å². The van der Waals surface area contributed by atoms with Crippen LogP contribution in [0.15, 0.2) is 0 Å². The smallest absolute Gasteiger partial charge is 0.108 e. The van der Waals surface area contributed by atoms with Crippen LogP contribution in [0.25, 0.3) is 0 Å². The summed E-state index contributed by atoms with van der Waals surface area (Å²) in [6.45, 7) is 6.63. The lowest BCUT2D eigenvalue weighted by Crippen LogP contribution is -2.55. The Bertz CT molecular complexity index is 342. The van der Waals surface area contributed by atoms with Crippen LogP contribution < -0.4 is 5.32 Å². The van der Waals surface area contributed by atoms with Gasteiger partial charge in [-0.15, -0.1) is 0 Å². The SMILES string of the molecule is CC(C)NC1(C#N)CCCC(N(C)C(C)C2CC2)C1. The van der Waals surface area contributed by atoms with E-state index in [1.165, 1.54) is 25.7 Å². The van der Waals surface area contributed by atoms with Gasteiger partial charge < -0.3 is 4.90 Å². The second-order valence-electron chi connectivity index (χ2n) is 6.99. The Hall–Kier alpha value is -0.590. The van der Waals surface area contributed by atoms with Crippen molar-refractivity contribution in [2.45, 2.75) is 83.0 Å². The first-order valence-corrected chi connectivity index (χ1v) is 7.88. The zero-order valence-electron chi connectivity index (χ0n) is 12.9. The summed E-state index contributed by atoms with van der Waals surface area (Å²) in [5.41, 5.74) is -0.297. The summed E-state index contributed by atoms with van der Waals surface area (Å²) in [6, 6.07) is 4.20. The zero-order valence-corrected chi connectivity index (χ0v) is 12.9. The first-order chi connectivity index (χ1) is 8.97. The largest absolute Gasteiger partial charge is 0.300 e. The highest BCUT2D eigenvalue weighted by Crippen LogP contribution is 2.38. The summed E-state index contributed by atoms with van der Waals surface area (Å²) in [5.74, 6) is 0.904. The first kappa shape index (κ1) is 14.8. The molecule has 0 heterocycles. The molecule has 0 spiro atoms. The minimum atomic E-state index is -0.297. The van der Waals surface area contributed by atoms with Crippen LogP contribution in [0, 0.1) is 17.2 Å². The van der Waals surface area contributed by atoms with Gasteiger partial charge in [0.1, 0.15) is 5.54 Å². The highest BCUT2D eigenvalue weighted by atomic mass is 15.2. The van der Waals surface area contributed by atoms with Crippen molar-refractivity contribution in [3.05, 3.63) is 0 Å². The molecule has 108 valence electrons. The van der Waals surface area contributed by atoms with Gasteiger partial charge in [-0.2, -0.15) is 5.26 Å². The van der Waals surface area contributed by atoms with Crippen molar-refractivity contribution in [1.29, 1.82) is 5.26 Å². The fraction of sp³-hybridized carbons (Fsp3) is 0.938. The quantitative estimate of drug-likeness (QED) is 0.829. The van der Waals surface area contributed by atoms with Crippen LogP contribution in [0.3, 0.4) is 0 Å². The van der Waals surface area contributed by atoms with Gasteiger partial charge in [0.05, 0.1) is 6.07 Å². The van der Waals surface area contributed by atoms with Gasteiger partial charge in [-0.3, -0.25) is 5.32 Å². The molecular weight excluding hydrogens is 234 g/mol. The van der Waals surface area contributed by atoms with Crippen molar-refractivity contribution >= 4 is 0 Å². The fourth-order valence-electron chi connectivity index (χ4n) is 3.65. The molecule has 2 saturated carbocycles. The van der Waals surface area contributed by atoms with Crippen LogP contribution in [-0.2, 0) is 0 Å². The molecular formula is C16H29N3. The molecule has 2 rings (SSSR count). The summed E-state index contributed by atoms with van der Waals surface area (Å²) < 4.78 is 0. The molecule has 0 aromatic rings. The fourth-order valence-corrected chi connectivity index (χ4v) is 3.65. The van der Waals surface area contributed by atoms with Crippen molar-refractivity contribution in [1.82, 2.24) is 10.2 Å². The van der Waals surface area contributed by atoms with Crippen molar-refractivity contribution in [2.24, 2.45) is 5.92 Å². The van der Waals surface area contributed by atoms with E-state index in [0.29, 0.717) is 18.1 Å². The maximum Gasteiger partial charge on any atom is 0.108 e. The summed E-state index contributed by atoms with van der Waals surface area (Å²) in [6.07, 6.45) is 7.19. The van der Waals surface area contributed by atoms with E-state index < -0.39 is 0 Å². The summed E-state index contributed by atoms with van der Waals surface area (Å²) in [5, 5.41) is 13.1. The lowest BCUT2D eigenvalue weighted by Gasteiger charge is -2.43. The van der Waals surface area contributed by atoms with E-state index in [-0.39, 0.29) is 5.54 Å². The molecule has 0 radical (unpaired) electrons. The van der Waals surface area contributed by atoms with Gasteiger partial charge in [-0.1, -0.05) is 0 Å². The topological polar surface area (TPSA) is 39.1 Å². The third kappa shape index (κ3) is 3.49. The number of hydrogen-bond acceptors (Lipinski definition) is 3. The molecule has 0 aromatic carbocycles. The Balaban J connectivity index is 2.00. The first-order valence-electron chi connectivity index (χ1n) is 7.88. The van der Waals surface area contributed by atoms with Crippen molar-refractivity contribution in [3.8, 4) is 6.07 Å². The van der Waals surface area contributed by atoms with Gasteiger partial charge in [-0.25, -0.2) is 0 Å². The van der Waals surface area contributed by atoms with Crippen LogP contribution in [0.1, 0.15) is 59.3 Å². The molecule has 3 heteroatoms. The Morgan fingerprint density at radius 2 is 1.95 bits per heavy atom. The second kappa shape index (κ2) is 5.81. The van der Waals surface area contributed by atoms with Crippen LogP contribution in [0.2, 0.25) is 0 Å². The number of hydrogen-bond donors (Lipinski definition) is 1. The maximum atomic E-state index is 9.62. The van der Waals surface area contributed by atoms with Gasteiger partial charge in [0, 0.05) is 18.1 Å². The molecule has 0 aromatic heterocycles. The van der Waals surface area contributed by atoms with E-state index in [1.807, 2.05) is 0 Å². The number of nitrogens with zero attached hydrogens (tertiary/aromatic N) is 2. The van der Waals surface area contributed by atoms with Gasteiger partial charge in [0.2, 0.25) is 0 Å². The highest BCUT2D eigenvalue weighted by molar-refractivity contribution is 5.12.